The van der Waals surface area contributed by atoms with Gasteiger partial charge in [0.05, 0.1) is 43.9 Å². The number of aldehydes is 1. The molecule has 238 valence electrons. The van der Waals surface area contributed by atoms with E-state index < -0.39 is 35.3 Å². The fourth-order valence-electron chi connectivity index (χ4n) is 7.45. The van der Waals surface area contributed by atoms with Crippen LogP contribution in [-0.4, -0.2) is 83.8 Å². The van der Waals surface area contributed by atoms with E-state index in [1.54, 1.807) is 7.11 Å². The Labute approximate surface area is 258 Å². The first-order valence-corrected chi connectivity index (χ1v) is 16.0. The Morgan fingerprint density at radius 3 is 2.59 bits per heavy atom. The molecule has 44 heavy (non-hydrogen) atoms. The van der Waals surface area contributed by atoms with E-state index in [9.17, 15) is 14.4 Å². The van der Waals surface area contributed by atoms with Crippen LogP contribution in [0.3, 0.4) is 0 Å². The summed E-state index contributed by atoms with van der Waals surface area (Å²) in [5, 5.41) is 2.92. The van der Waals surface area contributed by atoms with Gasteiger partial charge < -0.3 is 34.0 Å². The van der Waals surface area contributed by atoms with Crippen molar-refractivity contribution in [3.63, 3.8) is 0 Å². The third-order valence-electron chi connectivity index (χ3n) is 10.4. The number of aromatic nitrogens is 2. The molecule has 1 N–H and O–H groups in total. The molecule has 4 heterocycles. The predicted molar refractivity (Wildman–Crippen MR) is 161 cm³/mol. The maximum absolute atomic E-state index is 14.2. The zero-order chi connectivity index (χ0) is 31.1. The van der Waals surface area contributed by atoms with Crippen LogP contribution in [0.1, 0.15) is 71.4 Å². The SMILES string of the molecule is COc1ccc2nc3c(nc2c1)O[C@H]1CN(C(=O)[C@H](C2(C)COC2)NC(=O)O[C@]2(C)CCC[C@H]2CCCCC3)[C@H](C=O)[C@@H]1C. The summed E-state index contributed by atoms with van der Waals surface area (Å²) in [6.45, 7) is 6.65. The molecule has 3 aliphatic heterocycles. The molecule has 2 saturated heterocycles. The van der Waals surface area contributed by atoms with Gasteiger partial charge in [-0.25, -0.2) is 14.8 Å². The van der Waals surface area contributed by atoms with Crippen molar-refractivity contribution in [3.05, 3.63) is 23.9 Å². The molecular weight excluding hydrogens is 564 g/mol. The fourth-order valence-corrected chi connectivity index (χ4v) is 7.45. The molecule has 0 spiro atoms. The molecule has 1 saturated carbocycles. The summed E-state index contributed by atoms with van der Waals surface area (Å²) in [6, 6.07) is 3.95. The number of fused-ring (bicyclic) bond motifs is 5. The molecule has 2 bridgehead atoms. The summed E-state index contributed by atoms with van der Waals surface area (Å²) >= 11 is 0. The van der Waals surface area contributed by atoms with Gasteiger partial charge in [0.15, 0.2) is 0 Å². The highest BCUT2D eigenvalue weighted by atomic mass is 16.6. The summed E-state index contributed by atoms with van der Waals surface area (Å²) in [5.41, 5.74) is 0.952. The van der Waals surface area contributed by atoms with Crippen LogP contribution in [0, 0.1) is 17.3 Å². The zero-order valence-electron chi connectivity index (χ0n) is 26.2. The van der Waals surface area contributed by atoms with E-state index in [0.29, 0.717) is 36.8 Å². The van der Waals surface area contributed by atoms with Gasteiger partial charge in [-0.05, 0) is 63.5 Å². The van der Waals surface area contributed by atoms with Crippen molar-refractivity contribution in [2.45, 2.75) is 95.9 Å². The van der Waals surface area contributed by atoms with Crippen LogP contribution in [0.15, 0.2) is 18.2 Å². The smallest absolute Gasteiger partial charge is 0.408 e. The van der Waals surface area contributed by atoms with E-state index in [0.717, 1.165) is 62.4 Å². The number of carbonyl (C=O) groups excluding carboxylic acids is 3. The Hall–Kier alpha value is -3.47. The number of methoxy groups -OCH3 is 1. The highest BCUT2D eigenvalue weighted by Crippen LogP contribution is 2.42. The summed E-state index contributed by atoms with van der Waals surface area (Å²) in [7, 11) is 1.61. The molecule has 1 aliphatic carbocycles. The van der Waals surface area contributed by atoms with Gasteiger partial charge in [-0.2, -0.15) is 0 Å². The first-order valence-electron chi connectivity index (χ1n) is 16.0. The number of amides is 2. The Morgan fingerprint density at radius 1 is 1.07 bits per heavy atom. The Balaban J connectivity index is 1.36. The fraction of sp³-hybridized carbons (Fsp3) is 0.667. The molecule has 11 nitrogen and oxygen atoms in total. The number of benzene rings is 1. The summed E-state index contributed by atoms with van der Waals surface area (Å²) in [6.07, 6.45) is 7.04. The maximum atomic E-state index is 14.2. The number of rotatable bonds is 3. The van der Waals surface area contributed by atoms with E-state index in [1.807, 2.05) is 39.0 Å². The number of aryl methyl sites for hydroxylation is 1. The second kappa shape index (κ2) is 12.1. The van der Waals surface area contributed by atoms with Gasteiger partial charge in [-0.15, -0.1) is 0 Å². The van der Waals surface area contributed by atoms with Crippen molar-refractivity contribution in [1.82, 2.24) is 20.2 Å². The number of hydrogen-bond donors (Lipinski definition) is 1. The molecule has 2 amide bonds. The Bertz CT molecular complexity index is 1410. The predicted octanol–water partition coefficient (Wildman–Crippen LogP) is 4.24. The van der Waals surface area contributed by atoms with Crippen LogP contribution in [0.5, 0.6) is 11.6 Å². The molecule has 2 aromatic rings. The lowest BCUT2D eigenvalue weighted by Gasteiger charge is -2.45. The maximum Gasteiger partial charge on any atom is 0.408 e. The normalized spacial score (nSPS) is 32.6. The van der Waals surface area contributed by atoms with Crippen LogP contribution in [-0.2, 0) is 25.5 Å². The first kappa shape index (κ1) is 30.6. The third-order valence-corrected chi connectivity index (χ3v) is 10.4. The van der Waals surface area contributed by atoms with Crippen molar-refractivity contribution in [2.75, 3.05) is 26.9 Å². The molecule has 6 atom stereocenters. The van der Waals surface area contributed by atoms with Gasteiger partial charge in [0.2, 0.25) is 11.8 Å². The van der Waals surface area contributed by atoms with Crippen LogP contribution < -0.4 is 14.8 Å². The Kier molecular flexibility index (Phi) is 8.43. The lowest BCUT2D eigenvalue weighted by Crippen LogP contribution is -2.64. The third kappa shape index (κ3) is 5.71. The minimum atomic E-state index is -0.914. The number of nitrogens with one attached hydrogen (secondary N) is 1. The molecule has 0 radical (unpaired) electrons. The first-order chi connectivity index (χ1) is 21.1. The van der Waals surface area contributed by atoms with Crippen LogP contribution in [0.2, 0.25) is 0 Å². The van der Waals surface area contributed by atoms with Gasteiger partial charge >= 0.3 is 6.09 Å². The molecule has 6 rings (SSSR count). The van der Waals surface area contributed by atoms with Gasteiger partial charge in [-0.1, -0.05) is 26.7 Å². The number of carbonyl (C=O) groups is 3. The van der Waals surface area contributed by atoms with Crippen LogP contribution in [0.4, 0.5) is 4.79 Å². The second-order valence-electron chi connectivity index (χ2n) is 13.6. The van der Waals surface area contributed by atoms with Crippen molar-refractivity contribution >= 4 is 29.3 Å². The second-order valence-corrected chi connectivity index (χ2v) is 13.6. The van der Waals surface area contributed by atoms with Crippen molar-refractivity contribution in [2.24, 2.45) is 17.3 Å². The lowest BCUT2D eigenvalue weighted by molar-refractivity contribution is -0.158. The number of hydrogen-bond acceptors (Lipinski definition) is 9. The molecule has 11 heteroatoms. The minimum absolute atomic E-state index is 0.171. The largest absolute Gasteiger partial charge is 0.497 e. The Morgan fingerprint density at radius 2 is 1.86 bits per heavy atom. The average Bonchev–Trinajstić information content (AvgIpc) is 3.51. The quantitative estimate of drug-likeness (QED) is 0.509. The number of ether oxygens (including phenoxy) is 4. The summed E-state index contributed by atoms with van der Waals surface area (Å²) in [4.78, 5) is 51.5. The zero-order valence-corrected chi connectivity index (χ0v) is 26.2. The van der Waals surface area contributed by atoms with E-state index in [2.05, 4.69) is 5.32 Å². The van der Waals surface area contributed by atoms with Crippen molar-refractivity contribution < 1.29 is 33.3 Å². The molecule has 3 fully saturated rings. The molecule has 4 aliphatic rings. The number of alkyl carbamates (subject to hydrolysis) is 1. The van der Waals surface area contributed by atoms with E-state index in [1.165, 1.54) is 4.90 Å². The van der Waals surface area contributed by atoms with Gasteiger partial charge in [0.25, 0.3) is 0 Å². The molecule has 1 aromatic heterocycles. The summed E-state index contributed by atoms with van der Waals surface area (Å²) in [5.74, 6) is 0.682. The lowest BCUT2D eigenvalue weighted by atomic mass is 9.79. The van der Waals surface area contributed by atoms with Crippen molar-refractivity contribution in [1.29, 1.82) is 0 Å². The highest BCUT2D eigenvalue weighted by molar-refractivity contribution is 5.89. The van der Waals surface area contributed by atoms with Crippen LogP contribution >= 0.6 is 0 Å². The minimum Gasteiger partial charge on any atom is -0.497 e. The average molecular weight is 609 g/mol. The standard InChI is InChI=1S/C33H44N4O7/c1-20-26(17-38)37-16-27(20)43-29-24(34-23-13-12-22(41-4)15-25(23)35-29)11-7-5-6-9-21-10-8-14-33(21,3)44-31(40)36-28(30(37)39)32(2)18-42-19-32/h12-13,15,17,20-21,26-28H,5-11,14,16,18-19H2,1-4H3,(H,36,40)/t20-,21+,26+,27-,28+,33+/m0/s1. The number of nitrogens with zero attached hydrogens (tertiary/aromatic N) is 3. The molecule has 1 aromatic carbocycles. The monoisotopic (exact) mass is 608 g/mol. The van der Waals surface area contributed by atoms with Gasteiger partial charge in [0, 0.05) is 17.4 Å². The topological polar surface area (TPSA) is 129 Å². The van der Waals surface area contributed by atoms with Crippen LogP contribution in [0.25, 0.3) is 11.0 Å². The van der Waals surface area contributed by atoms with Gasteiger partial charge in [-0.3, -0.25) is 4.79 Å². The summed E-state index contributed by atoms with van der Waals surface area (Å²) < 4.78 is 23.6. The van der Waals surface area contributed by atoms with E-state index >= 15 is 0 Å². The van der Waals surface area contributed by atoms with Crippen molar-refractivity contribution in [3.8, 4) is 11.6 Å². The van der Waals surface area contributed by atoms with Gasteiger partial charge in [0.1, 0.15) is 35.5 Å². The van der Waals surface area contributed by atoms with E-state index in [-0.39, 0.29) is 24.3 Å². The highest BCUT2D eigenvalue weighted by Gasteiger charge is 2.53. The molecular formula is C33H44N4O7. The molecule has 0 unspecified atom stereocenters. The van der Waals surface area contributed by atoms with E-state index in [4.69, 9.17) is 28.9 Å².